The average molecular weight is 455 g/mol. The van der Waals surface area contributed by atoms with Gasteiger partial charge >= 0.3 is 11.9 Å². The molecule has 0 heterocycles. The number of unbranched alkanes of at least 4 members (excludes halogenated alkanes) is 14. The van der Waals surface area contributed by atoms with E-state index in [4.69, 9.17) is 9.47 Å². The van der Waals surface area contributed by atoms with Gasteiger partial charge in [-0.25, -0.2) is 0 Å². The third kappa shape index (κ3) is 20.8. The topological polar surface area (TPSA) is 52.6 Å². The first-order chi connectivity index (χ1) is 15.4. The highest BCUT2D eigenvalue weighted by Crippen LogP contribution is 2.18. The van der Waals surface area contributed by atoms with Crippen molar-refractivity contribution < 1.29 is 19.1 Å². The van der Waals surface area contributed by atoms with Crippen molar-refractivity contribution in [3.8, 4) is 0 Å². The summed E-state index contributed by atoms with van der Waals surface area (Å²) >= 11 is 0. The molecule has 0 aromatic rings. The minimum Gasteiger partial charge on any atom is -0.463 e. The van der Waals surface area contributed by atoms with Crippen LogP contribution in [0.25, 0.3) is 0 Å². The summed E-state index contributed by atoms with van der Waals surface area (Å²) in [4.78, 5) is 23.4. The maximum atomic E-state index is 12.0. The van der Waals surface area contributed by atoms with Crippen LogP contribution < -0.4 is 0 Å². The zero-order valence-electron chi connectivity index (χ0n) is 22.1. The van der Waals surface area contributed by atoms with E-state index in [1.54, 1.807) is 0 Å². The van der Waals surface area contributed by atoms with Crippen LogP contribution in [-0.4, -0.2) is 24.1 Å². The average Bonchev–Trinajstić information content (AvgIpc) is 2.71. The van der Waals surface area contributed by atoms with Gasteiger partial charge in [-0.2, -0.15) is 0 Å². The minimum absolute atomic E-state index is 0.00482. The highest BCUT2D eigenvalue weighted by molar-refractivity contribution is 5.72. The molecule has 4 nitrogen and oxygen atoms in total. The third-order valence-corrected chi connectivity index (χ3v) is 5.98. The molecule has 190 valence electrons. The number of carbonyl (C=O) groups is 2. The molecule has 4 heteroatoms. The molecule has 0 radical (unpaired) electrons. The molecule has 1 atom stereocenters. The predicted molar refractivity (Wildman–Crippen MR) is 135 cm³/mol. The molecule has 1 unspecified atom stereocenters. The van der Waals surface area contributed by atoms with Gasteiger partial charge in [-0.05, 0) is 47.0 Å². The SMILES string of the molecule is CCC(CCCCCCCCCCCCCCCCCC(=O)OC(C)C)C(=O)OC(C)C. The predicted octanol–water partition coefficient (Wildman–Crippen LogP) is 8.55. The lowest BCUT2D eigenvalue weighted by Gasteiger charge is -2.16. The second-order valence-electron chi connectivity index (χ2n) is 9.97. The smallest absolute Gasteiger partial charge is 0.309 e. The molecule has 0 aromatic heterocycles. The van der Waals surface area contributed by atoms with E-state index in [1.165, 1.54) is 77.0 Å². The Labute approximate surface area is 199 Å². The van der Waals surface area contributed by atoms with Gasteiger partial charge in [0.25, 0.3) is 0 Å². The minimum atomic E-state index is -0.0474. The highest BCUT2D eigenvalue weighted by Gasteiger charge is 2.18. The summed E-state index contributed by atoms with van der Waals surface area (Å²) in [5.41, 5.74) is 0. The first-order valence-corrected chi connectivity index (χ1v) is 13.8. The van der Waals surface area contributed by atoms with Crippen LogP contribution in [0.2, 0.25) is 0 Å². The third-order valence-electron chi connectivity index (χ3n) is 5.98. The first-order valence-electron chi connectivity index (χ1n) is 13.8. The number of esters is 2. The Morgan fingerprint density at radius 3 is 1.31 bits per heavy atom. The zero-order valence-corrected chi connectivity index (χ0v) is 22.1. The van der Waals surface area contributed by atoms with Crippen molar-refractivity contribution in [3.63, 3.8) is 0 Å². The Kier molecular flexibility index (Phi) is 21.0. The van der Waals surface area contributed by atoms with Gasteiger partial charge in [-0.3, -0.25) is 9.59 Å². The second-order valence-corrected chi connectivity index (χ2v) is 9.97. The quantitative estimate of drug-likeness (QED) is 0.121. The van der Waals surface area contributed by atoms with Gasteiger partial charge in [0, 0.05) is 6.42 Å². The molecule has 0 spiro atoms. The lowest BCUT2D eigenvalue weighted by atomic mass is 9.97. The van der Waals surface area contributed by atoms with Crippen LogP contribution >= 0.6 is 0 Å². The van der Waals surface area contributed by atoms with Gasteiger partial charge in [0.15, 0.2) is 0 Å². The maximum absolute atomic E-state index is 12.0. The number of rotatable bonds is 22. The molecule has 0 aliphatic rings. The molecule has 0 rings (SSSR count). The van der Waals surface area contributed by atoms with Crippen LogP contribution in [0.1, 0.15) is 150 Å². The highest BCUT2D eigenvalue weighted by atomic mass is 16.5. The van der Waals surface area contributed by atoms with Crippen molar-refractivity contribution in [1.82, 2.24) is 0 Å². The lowest BCUT2D eigenvalue weighted by Crippen LogP contribution is -2.20. The standard InChI is InChI=1S/C28H54O4/c1-6-26(28(30)32-25(4)5)22-20-18-16-14-12-10-8-7-9-11-13-15-17-19-21-23-27(29)31-24(2)3/h24-26H,6-23H2,1-5H3. The lowest BCUT2D eigenvalue weighted by molar-refractivity contribution is -0.153. The van der Waals surface area contributed by atoms with Crippen molar-refractivity contribution in [2.75, 3.05) is 0 Å². The zero-order chi connectivity index (χ0) is 24.0. The number of carbonyl (C=O) groups excluding carboxylic acids is 2. The molecule has 32 heavy (non-hydrogen) atoms. The van der Waals surface area contributed by atoms with Crippen molar-refractivity contribution in [2.45, 2.75) is 162 Å². The van der Waals surface area contributed by atoms with Gasteiger partial charge in [-0.1, -0.05) is 96.8 Å². The van der Waals surface area contributed by atoms with Crippen LogP contribution in [0.4, 0.5) is 0 Å². The Bertz CT molecular complexity index is 445. The number of ether oxygens (including phenoxy) is 2. The van der Waals surface area contributed by atoms with E-state index in [0.717, 1.165) is 32.1 Å². The van der Waals surface area contributed by atoms with Crippen LogP contribution in [0.5, 0.6) is 0 Å². The van der Waals surface area contributed by atoms with Gasteiger partial charge < -0.3 is 9.47 Å². The van der Waals surface area contributed by atoms with E-state index >= 15 is 0 Å². The summed E-state index contributed by atoms with van der Waals surface area (Å²) in [6.07, 6.45) is 21.6. The fourth-order valence-corrected chi connectivity index (χ4v) is 4.10. The summed E-state index contributed by atoms with van der Waals surface area (Å²) in [6, 6.07) is 0. The van der Waals surface area contributed by atoms with Gasteiger partial charge in [0.2, 0.25) is 0 Å². The monoisotopic (exact) mass is 454 g/mol. The number of hydrogen-bond donors (Lipinski definition) is 0. The van der Waals surface area contributed by atoms with E-state index < -0.39 is 0 Å². The van der Waals surface area contributed by atoms with Gasteiger partial charge in [-0.15, -0.1) is 0 Å². The molecule has 0 aliphatic carbocycles. The first kappa shape index (κ1) is 30.9. The fourth-order valence-electron chi connectivity index (χ4n) is 4.10. The van der Waals surface area contributed by atoms with Crippen molar-refractivity contribution in [1.29, 1.82) is 0 Å². The molecular weight excluding hydrogens is 400 g/mol. The molecule has 0 saturated carbocycles. The molecule has 0 fully saturated rings. The van der Waals surface area contributed by atoms with Crippen molar-refractivity contribution in [2.24, 2.45) is 5.92 Å². The van der Waals surface area contributed by atoms with Crippen LogP contribution in [0.3, 0.4) is 0 Å². The molecule has 0 aliphatic heterocycles. The van der Waals surface area contributed by atoms with Gasteiger partial charge in [0.05, 0.1) is 18.1 Å². The molecular formula is C28H54O4. The molecule has 0 N–H and O–H groups in total. The number of hydrogen-bond acceptors (Lipinski definition) is 4. The van der Waals surface area contributed by atoms with Crippen molar-refractivity contribution >= 4 is 11.9 Å². The summed E-state index contributed by atoms with van der Waals surface area (Å²) in [7, 11) is 0. The largest absolute Gasteiger partial charge is 0.463 e. The van der Waals surface area contributed by atoms with Gasteiger partial charge in [0.1, 0.15) is 0 Å². The van der Waals surface area contributed by atoms with E-state index in [1.807, 2.05) is 27.7 Å². The van der Waals surface area contributed by atoms with Crippen LogP contribution in [0.15, 0.2) is 0 Å². The van der Waals surface area contributed by atoms with E-state index in [2.05, 4.69) is 6.92 Å². The maximum Gasteiger partial charge on any atom is 0.309 e. The molecule has 0 aromatic carbocycles. The Balaban J connectivity index is 3.31. The fraction of sp³-hybridized carbons (Fsp3) is 0.929. The molecule has 0 bridgehead atoms. The van der Waals surface area contributed by atoms with E-state index in [0.29, 0.717) is 6.42 Å². The summed E-state index contributed by atoms with van der Waals surface area (Å²) in [5, 5.41) is 0. The Hall–Kier alpha value is -1.06. The second kappa shape index (κ2) is 21.8. The summed E-state index contributed by atoms with van der Waals surface area (Å²) in [6.45, 7) is 9.73. The molecule has 0 amide bonds. The summed E-state index contributed by atoms with van der Waals surface area (Å²) in [5.74, 6) is 0.0333. The van der Waals surface area contributed by atoms with Crippen LogP contribution in [-0.2, 0) is 19.1 Å². The normalized spacial score (nSPS) is 12.3. The van der Waals surface area contributed by atoms with Crippen molar-refractivity contribution in [3.05, 3.63) is 0 Å². The summed E-state index contributed by atoms with van der Waals surface area (Å²) < 4.78 is 10.5. The van der Waals surface area contributed by atoms with E-state index in [9.17, 15) is 9.59 Å². The van der Waals surface area contributed by atoms with Crippen LogP contribution in [0, 0.1) is 5.92 Å². The Morgan fingerprint density at radius 1 is 0.562 bits per heavy atom. The van der Waals surface area contributed by atoms with E-state index in [-0.39, 0.29) is 30.1 Å². The molecule has 0 saturated heterocycles. The Morgan fingerprint density at radius 2 is 0.938 bits per heavy atom.